The molecule has 0 aliphatic carbocycles. The molecule has 1 aliphatic rings. The Balaban J connectivity index is 1.97. The molecule has 0 spiro atoms. The lowest BCUT2D eigenvalue weighted by Gasteiger charge is -2.21. The predicted octanol–water partition coefficient (Wildman–Crippen LogP) is 1.55. The van der Waals surface area contributed by atoms with E-state index in [1.807, 2.05) is 24.9 Å². The van der Waals surface area contributed by atoms with Crippen LogP contribution < -0.4 is 10.6 Å². The number of hydrogen-bond acceptors (Lipinski definition) is 4. The molecular formula is C13H20N4O. The second-order valence-corrected chi connectivity index (χ2v) is 4.61. The Bertz CT molecular complexity index is 415. The van der Waals surface area contributed by atoms with Gasteiger partial charge in [0.05, 0.1) is 23.8 Å². The molecule has 18 heavy (non-hydrogen) atoms. The van der Waals surface area contributed by atoms with Gasteiger partial charge in [-0.1, -0.05) is 0 Å². The van der Waals surface area contributed by atoms with Crippen LogP contribution in [0.15, 0.2) is 18.5 Å². The highest BCUT2D eigenvalue weighted by molar-refractivity contribution is 5.84. The van der Waals surface area contributed by atoms with Gasteiger partial charge >= 0.3 is 0 Å². The number of aromatic nitrogens is 1. The third-order valence-electron chi connectivity index (χ3n) is 3.20. The second kappa shape index (κ2) is 5.71. The summed E-state index contributed by atoms with van der Waals surface area (Å²) < 4.78 is 0. The molecule has 5 heteroatoms. The molecule has 98 valence electrons. The Morgan fingerprint density at radius 1 is 1.33 bits per heavy atom. The van der Waals surface area contributed by atoms with E-state index in [4.69, 9.17) is 0 Å². The van der Waals surface area contributed by atoms with Gasteiger partial charge in [0.1, 0.15) is 6.04 Å². The number of likely N-dealkylation sites (tertiary alicyclic amines) is 1. The molecule has 1 amide bonds. The molecular weight excluding hydrogens is 228 g/mol. The van der Waals surface area contributed by atoms with E-state index in [1.165, 1.54) is 0 Å². The van der Waals surface area contributed by atoms with Crippen molar-refractivity contribution in [3.8, 4) is 0 Å². The van der Waals surface area contributed by atoms with Gasteiger partial charge in [0.2, 0.25) is 5.91 Å². The van der Waals surface area contributed by atoms with E-state index in [1.54, 1.807) is 12.4 Å². The van der Waals surface area contributed by atoms with Crippen LogP contribution in [0.4, 0.5) is 11.4 Å². The molecule has 1 unspecified atom stereocenters. The third kappa shape index (κ3) is 2.91. The molecule has 0 saturated carbocycles. The minimum absolute atomic E-state index is 0.169. The van der Waals surface area contributed by atoms with Crippen molar-refractivity contribution in [3.63, 3.8) is 0 Å². The van der Waals surface area contributed by atoms with E-state index in [-0.39, 0.29) is 11.9 Å². The molecule has 5 nitrogen and oxygen atoms in total. The summed E-state index contributed by atoms with van der Waals surface area (Å²) in [4.78, 5) is 18.2. The molecule has 1 aromatic heterocycles. The third-order valence-corrected chi connectivity index (χ3v) is 3.20. The van der Waals surface area contributed by atoms with E-state index in [9.17, 15) is 4.79 Å². The highest BCUT2D eigenvalue weighted by atomic mass is 16.2. The monoisotopic (exact) mass is 248 g/mol. The smallest absolute Gasteiger partial charge is 0.244 e. The standard InChI is InChI=1S/C13H20N4O/c1-10(13(18)17-5-3-4-6-17)16-12-7-11(14-2)8-15-9-12/h7-10,14,16H,3-6H2,1-2H3. The summed E-state index contributed by atoms with van der Waals surface area (Å²) in [5.41, 5.74) is 1.79. The molecule has 1 saturated heterocycles. The summed E-state index contributed by atoms with van der Waals surface area (Å²) >= 11 is 0. The average Bonchev–Trinajstić information content (AvgIpc) is 2.92. The molecule has 1 atom stereocenters. The van der Waals surface area contributed by atoms with Crippen LogP contribution in [0.5, 0.6) is 0 Å². The Labute approximate surface area is 108 Å². The summed E-state index contributed by atoms with van der Waals surface area (Å²) in [5.74, 6) is 0.169. The molecule has 0 aromatic carbocycles. The number of nitrogens with one attached hydrogen (secondary N) is 2. The van der Waals surface area contributed by atoms with Gasteiger partial charge < -0.3 is 15.5 Å². The maximum atomic E-state index is 12.1. The van der Waals surface area contributed by atoms with E-state index < -0.39 is 0 Å². The lowest BCUT2D eigenvalue weighted by molar-refractivity contribution is -0.130. The van der Waals surface area contributed by atoms with E-state index >= 15 is 0 Å². The normalized spacial score (nSPS) is 16.4. The predicted molar refractivity (Wildman–Crippen MR) is 72.7 cm³/mol. The van der Waals surface area contributed by atoms with Crippen LogP contribution in [0.1, 0.15) is 19.8 Å². The van der Waals surface area contributed by atoms with Crippen LogP contribution in [-0.4, -0.2) is 42.0 Å². The minimum atomic E-state index is -0.211. The van der Waals surface area contributed by atoms with Crippen LogP contribution in [0.3, 0.4) is 0 Å². The van der Waals surface area contributed by atoms with Gasteiger partial charge in [-0.25, -0.2) is 0 Å². The minimum Gasteiger partial charge on any atom is -0.387 e. The zero-order valence-electron chi connectivity index (χ0n) is 10.9. The van der Waals surface area contributed by atoms with E-state index in [0.29, 0.717) is 0 Å². The molecule has 1 aromatic rings. The Morgan fingerprint density at radius 2 is 2.00 bits per heavy atom. The van der Waals surface area contributed by atoms with Gasteiger partial charge in [-0.3, -0.25) is 9.78 Å². The van der Waals surface area contributed by atoms with Crippen molar-refractivity contribution in [1.29, 1.82) is 0 Å². The highest BCUT2D eigenvalue weighted by Gasteiger charge is 2.22. The van der Waals surface area contributed by atoms with Crippen molar-refractivity contribution >= 4 is 17.3 Å². The van der Waals surface area contributed by atoms with Crippen LogP contribution in [0, 0.1) is 0 Å². The second-order valence-electron chi connectivity index (χ2n) is 4.61. The largest absolute Gasteiger partial charge is 0.387 e. The fourth-order valence-electron chi connectivity index (χ4n) is 2.18. The number of carbonyl (C=O) groups is 1. The summed E-state index contributed by atoms with van der Waals surface area (Å²) in [6.45, 7) is 3.67. The van der Waals surface area contributed by atoms with Crippen LogP contribution in [-0.2, 0) is 4.79 Å². The summed E-state index contributed by atoms with van der Waals surface area (Å²) in [6.07, 6.45) is 5.72. The zero-order chi connectivity index (χ0) is 13.0. The fourth-order valence-corrected chi connectivity index (χ4v) is 2.18. The number of pyridine rings is 1. The van der Waals surface area contributed by atoms with Gasteiger partial charge in [-0.05, 0) is 25.8 Å². The van der Waals surface area contributed by atoms with Crippen LogP contribution >= 0.6 is 0 Å². The van der Waals surface area contributed by atoms with Gasteiger partial charge in [-0.15, -0.1) is 0 Å². The molecule has 2 heterocycles. The van der Waals surface area contributed by atoms with Crippen molar-refractivity contribution in [2.45, 2.75) is 25.8 Å². The summed E-state index contributed by atoms with van der Waals surface area (Å²) in [7, 11) is 1.85. The number of amides is 1. The van der Waals surface area contributed by atoms with Gasteiger partial charge in [0.25, 0.3) is 0 Å². The van der Waals surface area contributed by atoms with Crippen molar-refractivity contribution < 1.29 is 4.79 Å². The SMILES string of the molecule is CNc1cncc(NC(C)C(=O)N2CCCC2)c1. The number of anilines is 2. The topological polar surface area (TPSA) is 57.3 Å². The molecule has 2 N–H and O–H groups in total. The van der Waals surface area contributed by atoms with E-state index in [2.05, 4.69) is 15.6 Å². The Hall–Kier alpha value is -1.78. The van der Waals surface area contributed by atoms with Crippen molar-refractivity contribution in [2.24, 2.45) is 0 Å². The molecule has 1 aliphatic heterocycles. The first-order valence-corrected chi connectivity index (χ1v) is 6.39. The average molecular weight is 248 g/mol. The van der Waals surface area contributed by atoms with Gasteiger partial charge in [0, 0.05) is 20.1 Å². The van der Waals surface area contributed by atoms with Crippen molar-refractivity contribution in [3.05, 3.63) is 18.5 Å². The fraction of sp³-hybridized carbons (Fsp3) is 0.538. The Kier molecular flexibility index (Phi) is 4.02. The van der Waals surface area contributed by atoms with Crippen molar-refractivity contribution in [2.75, 3.05) is 30.8 Å². The first-order chi connectivity index (χ1) is 8.70. The van der Waals surface area contributed by atoms with Gasteiger partial charge in [-0.2, -0.15) is 0 Å². The maximum absolute atomic E-state index is 12.1. The summed E-state index contributed by atoms with van der Waals surface area (Å²) in [6, 6.07) is 1.73. The molecule has 0 radical (unpaired) electrons. The van der Waals surface area contributed by atoms with Crippen LogP contribution in [0.25, 0.3) is 0 Å². The number of nitrogens with zero attached hydrogens (tertiary/aromatic N) is 2. The maximum Gasteiger partial charge on any atom is 0.244 e. The quantitative estimate of drug-likeness (QED) is 0.848. The highest BCUT2D eigenvalue weighted by Crippen LogP contribution is 2.15. The lowest BCUT2D eigenvalue weighted by atomic mass is 10.2. The van der Waals surface area contributed by atoms with Crippen LogP contribution in [0.2, 0.25) is 0 Å². The first kappa shape index (κ1) is 12.7. The Morgan fingerprint density at radius 3 is 2.67 bits per heavy atom. The molecule has 1 fully saturated rings. The number of hydrogen-bond donors (Lipinski definition) is 2. The van der Waals surface area contributed by atoms with Crippen molar-refractivity contribution in [1.82, 2.24) is 9.88 Å². The summed E-state index contributed by atoms with van der Waals surface area (Å²) in [5, 5.41) is 6.23. The molecule has 0 bridgehead atoms. The molecule has 2 rings (SSSR count). The first-order valence-electron chi connectivity index (χ1n) is 6.39. The number of rotatable bonds is 4. The lowest BCUT2D eigenvalue weighted by Crippen LogP contribution is -2.39. The zero-order valence-corrected chi connectivity index (χ0v) is 10.9. The number of carbonyl (C=O) groups excluding carboxylic acids is 1. The van der Waals surface area contributed by atoms with Gasteiger partial charge in [0.15, 0.2) is 0 Å². The van der Waals surface area contributed by atoms with E-state index in [0.717, 1.165) is 37.3 Å².